The molecule has 0 N–H and O–H groups in total. The van der Waals surface area contributed by atoms with Crippen LogP contribution in [0.25, 0.3) is 0 Å². The van der Waals surface area contributed by atoms with E-state index < -0.39 is 0 Å². The second-order valence-corrected chi connectivity index (χ2v) is 5.90. The van der Waals surface area contributed by atoms with Crippen LogP contribution in [0.5, 0.6) is 11.5 Å². The van der Waals surface area contributed by atoms with E-state index in [0.29, 0.717) is 28.0 Å². The van der Waals surface area contributed by atoms with Crippen LogP contribution in [0.3, 0.4) is 0 Å². The van der Waals surface area contributed by atoms with Gasteiger partial charge in [-0.3, -0.25) is 0 Å². The molecule has 2 aromatic carbocycles. The van der Waals surface area contributed by atoms with E-state index in [4.69, 9.17) is 44.3 Å². The van der Waals surface area contributed by atoms with Crippen LogP contribution in [-0.2, 0) is 6.42 Å². The topological polar surface area (TPSA) is 18.5 Å². The van der Waals surface area contributed by atoms with Crippen LogP contribution in [0, 0.1) is 0 Å². The van der Waals surface area contributed by atoms with Crippen molar-refractivity contribution in [1.82, 2.24) is 0 Å². The number of methoxy groups -OCH3 is 2. The third-order valence-corrected chi connectivity index (χ3v) is 4.14. The van der Waals surface area contributed by atoms with E-state index in [-0.39, 0.29) is 5.38 Å². The van der Waals surface area contributed by atoms with Crippen molar-refractivity contribution >= 4 is 34.8 Å². The summed E-state index contributed by atoms with van der Waals surface area (Å²) in [6.45, 7) is 0. The third kappa shape index (κ3) is 3.97. The lowest BCUT2D eigenvalue weighted by Crippen LogP contribution is -1.99. The quantitative estimate of drug-likeness (QED) is 0.663. The number of benzene rings is 2. The molecule has 2 aromatic rings. The minimum atomic E-state index is -0.265. The Morgan fingerprint density at radius 3 is 2.10 bits per heavy atom. The molecule has 1 atom stereocenters. The van der Waals surface area contributed by atoms with Crippen LogP contribution in [0.1, 0.15) is 16.5 Å². The second-order valence-electron chi connectivity index (χ2n) is 4.53. The second kappa shape index (κ2) is 7.26. The maximum atomic E-state index is 6.50. The SMILES string of the molecule is COc1cc(Cl)c(C(Cl)Cc2ccc(Cl)cc2)cc1OC. The van der Waals surface area contributed by atoms with Gasteiger partial charge in [-0.25, -0.2) is 0 Å². The summed E-state index contributed by atoms with van der Waals surface area (Å²) in [5, 5.41) is 0.995. The molecule has 0 saturated heterocycles. The van der Waals surface area contributed by atoms with E-state index >= 15 is 0 Å². The van der Waals surface area contributed by atoms with Crippen LogP contribution in [0.4, 0.5) is 0 Å². The molecule has 112 valence electrons. The van der Waals surface area contributed by atoms with Gasteiger partial charge in [0.15, 0.2) is 11.5 Å². The van der Waals surface area contributed by atoms with Crippen LogP contribution in [0.2, 0.25) is 10.0 Å². The predicted octanol–water partition coefficient (Wildman–Crippen LogP) is 5.53. The van der Waals surface area contributed by atoms with Gasteiger partial charge >= 0.3 is 0 Å². The standard InChI is InChI=1S/C16H15Cl3O2/c1-20-15-8-12(14(19)9-16(15)21-2)13(18)7-10-3-5-11(17)6-4-10/h3-6,8-9,13H,7H2,1-2H3. The zero-order valence-electron chi connectivity index (χ0n) is 11.7. The van der Waals surface area contributed by atoms with Gasteiger partial charge in [0.1, 0.15) is 0 Å². The zero-order chi connectivity index (χ0) is 15.4. The molecule has 0 radical (unpaired) electrons. The van der Waals surface area contributed by atoms with Crippen LogP contribution < -0.4 is 9.47 Å². The smallest absolute Gasteiger partial charge is 0.162 e. The Morgan fingerprint density at radius 2 is 1.52 bits per heavy atom. The van der Waals surface area contributed by atoms with Crippen molar-refractivity contribution in [3.05, 3.63) is 57.6 Å². The molecule has 0 bridgehead atoms. The fourth-order valence-corrected chi connectivity index (χ4v) is 2.87. The van der Waals surface area contributed by atoms with Gasteiger partial charge in [0, 0.05) is 16.1 Å². The van der Waals surface area contributed by atoms with Gasteiger partial charge in [0.05, 0.1) is 19.6 Å². The van der Waals surface area contributed by atoms with Gasteiger partial charge in [-0.15, -0.1) is 11.6 Å². The Hall–Kier alpha value is -1.09. The Bertz CT molecular complexity index is 612. The highest BCUT2D eigenvalue weighted by Crippen LogP contribution is 2.39. The van der Waals surface area contributed by atoms with Crippen molar-refractivity contribution in [3.8, 4) is 11.5 Å². The molecule has 0 aromatic heterocycles. The maximum Gasteiger partial charge on any atom is 0.162 e. The first-order valence-corrected chi connectivity index (χ1v) is 7.54. The van der Waals surface area contributed by atoms with Gasteiger partial charge in [-0.05, 0) is 35.7 Å². The van der Waals surface area contributed by atoms with Crippen molar-refractivity contribution in [2.45, 2.75) is 11.8 Å². The lowest BCUT2D eigenvalue weighted by atomic mass is 10.0. The first-order valence-electron chi connectivity index (χ1n) is 6.35. The predicted molar refractivity (Wildman–Crippen MR) is 88.3 cm³/mol. The molecule has 0 spiro atoms. The number of rotatable bonds is 5. The maximum absolute atomic E-state index is 6.50. The molecule has 0 aliphatic rings. The van der Waals surface area contributed by atoms with E-state index in [0.717, 1.165) is 11.1 Å². The summed E-state index contributed by atoms with van der Waals surface area (Å²) in [4.78, 5) is 0. The van der Waals surface area contributed by atoms with Crippen molar-refractivity contribution < 1.29 is 9.47 Å². The van der Waals surface area contributed by atoms with Crippen molar-refractivity contribution in [2.75, 3.05) is 14.2 Å². The fourth-order valence-electron chi connectivity index (χ4n) is 2.05. The molecule has 5 heteroatoms. The average molecular weight is 346 g/mol. The summed E-state index contributed by atoms with van der Waals surface area (Å²) in [6.07, 6.45) is 0.647. The highest BCUT2D eigenvalue weighted by molar-refractivity contribution is 6.33. The molecular formula is C16H15Cl3O2. The normalized spacial score (nSPS) is 12.0. The number of hydrogen-bond donors (Lipinski definition) is 0. The highest BCUT2D eigenvalue weighted by Gasteiger charge is 2.17. The van der Waals surface area contributed by atoms with E-state index in [1.165, 1.54) is 0 Å². The van der Waals surface area contributed by atoms with E-state index in [1.807, 2.05) is 30.3 Å². The van der Waals surface area contributed by atoms with Crippen LogP contribution >= 0.6 is 34.8 Å². The fraction of sp³-hybridized carbons (Fsp3) is 0.250. The number of alkyl halides is 1. The summed E-state index contributed by atoms with van der Waals surface area (Å²) in [6, 6.07) is 11.1. The molecule has 2 rings (SSSR count). The summed E-state index contributed by atoms with van der Waals surface area (Å²) in [5.41, 5.74) is 1.90. The minimum absolute atomic E-state index is 0.265. The Balaban J connectivity index is 2.26. The monoisotopic (exact) mass is 344 g/mol. The van der Waals surface area contributed by atoms with Gasteiger partial charge in [0.25, 0.3) is 0 Å². The van der Waals surface area contributed by atoms with E-state index in [9.17, 15) is 0 Å². The van der Waals surface area contributed by atoms with Crippen molar-refractivity contribution in [1.29, 1.82) is 0 Å². The molecule has 21 heavy (non-hydrogen) atoms. The first kappa shape index (κ1) is 16.3. The molecule has 0 fully saturated rings. The highest BCUT2D eigenvalue weighted by atomic mass is 35.5. The van der Waals surface area contributed by atoms with Crippen LogP contribution in [-0.4, -0.2) is 14.2 Å². The molecule has 0 amide bonds. The summed E-state index contributed by atoms with van der Waals surface area (Å²) in [5.74, 6) is 1.19. The van der Waals surface area contributed by atoms with E-state index in [1.54, 1.807) is 20.3 Å². The van der Waals surface area contributed by atoms with Crippen molar-refractivity contribution in [3.63, 3.8) is 0 Å². The van der Waals surface area contributed by atoms with Gasteiger partial charge in [-0.2, -0.15) is 0 Å². The minimum Gasteiger partial charge on any atom is -0.493 e. The number of halogens is 3. The zero-order valence-corrected chi connectivity index (χ0v) is 14.0. The molecule has 1 unspecified atom stereocenters. The molecule has 0 aliphatic carbocycles. The first-order chi connectivity index (χ1) is 10.0. The van der Waals surface area contributed by atoms with Gasteiger partial charge in [-0.1, -0.05) is 35.3 Å². The molecule has 0 aliphatic heterocycles. The Morgan fingerprint density at radius 1 is 0.952 bits per heavy atom. The van der Waals surface area contributed by atoms with Gasteiger partial charge in [0.2, 0.25) is 0 Å². The molecule has 2 nitrogen and oxygen atoms in total. The van der Waals surface area contributed by atoms with Crippen LogP contribution in [0.15, 0.2) is 36.4 Å². The summed E-state index contributed by atoms with van der Waals surface area (Å²) in [7, 11) is 3.15. The molecule has 0 saturated carbocycles. The lowest BCUT2D eigenvalue weighted by molar-refractivity contribution is 0.354. The van der Waals surface area contributed by atoms with Gasteiger partial charge < -0.3 is 9.47 Å². The molecular weight excluding hydrogens is 331 g/mol. The van der Waals surface area contributed by atoms with Crippen molar-refractivity contribution in [2.24, 2.45) is 0 Å². The summed E-state index contributed by atoms with van der Waals surface area (Å²) >= 11 is 18.7. The lowest BCUT2D eigenvalue weighted by Gasteiger charge is -2.15. The number of ether oxygens (including phenoxy) is 2. The largest absolute Gasteiger partial charge is 0.493 e. The Labute approximate surface area is 139 Å². The Kier molecular flexibility index (Phi) is 5.63. The average Bonchev–Trinajstić information content (AvgIpc) is 2.49. The number of hydrogen-bond acceptors (Lipinski definition) is 2. The third-order valence-electron chi connectivity index (χ3n) is 3.17. The molecule has 0 heterocycles. The van der Waals surface area contributed by atoms with E-state index in [2.05, 4.69) is 0 Å². The summed E-state index contributed by atoms with van der Waals surface area (Å²) < 4.78 is 10.5.